The van der Waals surface area contributed by atoms with E-state index in [9.17, 15) is 9.59 Å². The molecule has 6 heteroatoms. The fourth-order valence-corrected chi connectivity index (χ4v) is 2.01. The third-order valence-electron chi connectivity index (χ3n) is 2.56. The molecule has 1 aromatic heterocycles. The summed E-state index contributed by atoms with van der Waals surface area (Å²) in [4.78, 5) is 26.3. The van der Waals surface area contributed by atoms with Crippen molar-refractivity contribution < 1.29 is 0 Å². The number of aromatic amines is 1. The van der Waals surface area contributed by atoms with Crippen LogP contribution in [0.4, 0.5) is 0 Å². The van der Waals surface area contributed by atoms with Crippen molar-refractivity contribution in [2.24, 2.45) is 0 Å². The van der Waals surface area contributed by atoms with Gasteiger partial charge in [0.25, 0.3) is 5.56 Å². The number of H-pyrrole nitrogens is 1. The molecule has 4 nitrogen and oxygen atoms in total. The van der Waals surface area contributed by atoms with Crippen LogP contribution in [0.25, 0.3) is 0 Å². The molecule has 0 aliphatic carbocycles. The zero-order chi connectivity index (χ0) is 13.3. The number of nitrogens with zero attached hydrogens (tertiary/aromatic N) is 1. The summed E-state index contributed by atoms with van der Waals surface area (Å²) in [6.07, 6.45) is 0. The lowest BCUT2D eigenvalue weighted by Gasteiger charge is -2.06. The first-order valence-corrected chi connectivity index (χ1v) is 6.40. The monoisotopic (exact) mass is 328 g/mol. The minimum atomic E-state index is -0.421. The minimum Gasteiger partial charge on any atom is -0.310 e. The maximum atomic E-state index is 12.0. The number of aromatic nitrogens is 2. The van der Waals surface area contributed by atoms with Gasteiger partial charge in [-0.1, -0.05) is 23.7 Å². The second-order valence-corrected chi connectivity index (χ2v) is 5.12. The number of aryl methyl sites for hydroxylation is 1. The molecule has 0 saturated carbocycles. The molecule has 0 spiro atoms. The summed E-state index contributed by atoms with van der Waals surface area (Å²) < 4.78 is 1.51. The van der Waals surface area contributed by atoms with Crippen molar-refractivity contribution in [2.75, 3.05) is 0 Å². The van der Waals surface area contributed by atoms with Crippen molar-refractivity contribution in [3.63, 3.8) is 0 Å². The minimum absolute atomic E-state index is 0.213. The third kappa shape index (κ3) is 2.57. The Kier molecular flexibility index (Phi) is 3.73. The average Bonchev–Trinajstić information content (AvgIpc) is 2.34. The molecule has 0 saturated heterocycles. The maximum absolute atomic E-state index is 12.0. The molecule has 0 unspecified atom stereocenters. The van der Waals surface area contributed by atoms with Crippen molar-refractivity contribution in [1.29, 1.82) is 0 Å². The van der Waals surface area contributed by atoms with Gasteiger partial charge in [-0.05, 0) is 40.5 Å². The molecule has 0 radical (unpaired) electrons. The molecular weight excluding hydrogens is 320 g/mol. The molecule has 1 heterocycles. The van der Waals surface area contributed by atoms with Crippen molar-refractivity contribution in [3.8, 4) is 0 Å². The lowest BCUT2D eigenvalue weighted by atomic mass is 10.2. The molecule has 0 aliphatic heterocycles. The SMILES string of the molecule is Cc1[nH]c(=O)n(Cc2ccc(Cl)cc2)c(=O)c1Br. The Morgan fingerprint density at radius 2 is 1.89 bits per heavy atom. The van der Waals surface area contributed by atoms with E-state index in [4.69, 9.17) is 11.6 Å². The van der Waals surface area contributed by atoms with Crippen LogP contribution in [0.5, 0.6) is 0 Å². The van der Waals surface area contributed by atoms with Gasteiger partial charge in [-0.15, -0.1) is 0 Å². The van der Waals surface area contributed by atoms with Crippen LogP contribution in [0.3, 0.4) is 0 Å². The normalized spacial score (nSPS) is 10.6. The Morgan fingerprint density at radius 3 is 2.50 bits per heavy atom. The number of hydrogen-bond acceptors (Lipinski definition) is 2. The van der Waals surface area contributed by atoms with E-state index in [2.05, 4.69) is 20.9 Å². The van der Waals surface area contributed by atoms with E-state index in [-0.39, 0.29) is 12.1 Å². The molecule has 0 bridgehead atoms. The van der Waals surface area contributed by atoms with Crippen LogP contribution in [0.2, 0.25) is 5.02 Å². The third-order valence-corrected chi connectivity index (χ3v) is 3.74. The second-order valence-electron chi connectivity index (χ2n) is 3.89. The van der Waals surface area contributed by atoms with Gasteiger partial charge in [0.15, 0.2) is 0 Å². The zero-order valence-electron chi connectivity index (χ0n) is 9.54. The largest absolute Gasteiger partial charge is 0.328 e. The lowest BCUT2D eigenvalue weighted by molar-refractivity contribution is 0.687. The van der Waals surface area contributed by atoms with E-state index in [1.165, 1.54) is 0 Å². The summed E-state index contributed by atoms with van der Waals surface area (Å²) >= 11 is 8.94. The Bertz CT molecular complexity index is 689. The highest BCUT2D eigenvalue weighted by Crippen LogP contribution is 2.10. The number of benzene rings is 1. The summed E-state index contributed by atoms with van der Waals surface area (Å²) in [6.45, 7) is 1.88. The first-order chi connectivity index (χ1) is 8.49. The summed E-state index contributed by atoms with van der Waals surface area (Å²) in [5.74, 6) is 0. The van der Waals surface area contributed by atoms with Crippen LogP contribution in [0.1, 0.15) is 11.3 Å². The van der Waals surface area contributed by atoms with Gasteiger partial charge in [-0.25, -0.2) is 4.79 Å². The Morgan fingerprint density at radius 1 is 1.28 bits per heavy atom. The quantitative estimate of drug-likeness (QED) is 0.919. The van der Waals surface area contributed by atoms with Gasteiger partial charge in [0.05, 0.1) is 6.54 Å². The summed E-state index contributed by atoms with van der Waals surface area (Å²) in [7, 11) is 0. The van der Waals surface area contributed by atoms with E-state index in [0.717, 1.165) is 10.1 Å². The van der Waals surface area contributed by atoms with Crippen molar-refractivity contribution in [3.05, 3.63) is 65.9 Å². The first kappa shape index (κ1) is 13.1. The topological polar surface area (TPSA) is 54.9 Å². The number of rotatable bonds is 2. The van der Waals surface area contributed by atoms with Crippen LogP contribution < -0.4 is 11.2 Å². The fraction of sp³-hybridized carbons (Fsp3) is 0.167. The van der Waals surface area contributed by atoms with E-state index in [1.807, 2.05) is 0 Å². The van der Waals surface area contributed by atoms with Gasteiger partial charge >= 0.3 is 5.69 Å². The van der Waals surface area contributed by atoms with Crippen LogP contribution in [-0.4, -0.2) is 9.55 Å². The molecule has 94 valence electrons. The van der Waals surface area contributed by atoms with E-state index < -0.39 is 5.69 Å². The van der Waals surface area contributed by atoms with Gasteiger partial charge in [0.2, 0.25) is 0 Å². The average molecular weight is 330 g/mol. The number of hydrogen-bond donors (Lipinski definition) is 1. The van der Waals surface area contributed by atoms with Crippen LogP contribution in [-0.2, 0) is 6.54 Å². The molecular formula is C12H10BrClN2O2. The first-order valence-electron chi connectivity index (χ1n) is 5.22. The molecule has 0 fully saturated rings. The van der Waals surface area contributed by atoms with Gasteiger partial charge in [0, 0.05) is 10.7 Å². The molecule has 1 aromatic carbocycles. The highest BCUT2D eigenvalue weighted by atomic mass is 79.9. The van der Waals surface area contributed by atoms with Crippen molar-refractivity contribution in [2.45, 2.75) is 13.5 Å². The lowest BCUT2D eigenvalue weighted by Crippen LogP contribution is -2.36. The Hall–Kier alpha value is -1.33. The van der Waals surface area contributed by atoms with Crippen LogP contribution >= 0.6 is 27.5 Å². The van der Waals surface area contributed by atoms with Crippen molar-refractivity contribution >= 4 is 27.5 Å². The zero-order valence-corrected chi connectivity index (χ0v) is 11.9. The molecule has 0 aliphatic rings. The fourth-order valence-electron chi connectivity index (χ4n) is 1.57. The van der Waals surface area contributed by atoms with Gasteiger partial charge < -0.3 is 4.98 Å². The van der Waals surface area contributed by atoms with Gasteiger partial charge in [0.1, 0.15) is 4.47 Å². The highest BCUT2D eigenvalue weighted by Gasteiger charge is 2.09. The van der Waals surface area contributed by atoms with Crippen LogP contribution in [0.15, 0.2) is 38.3 Å². The van der Waals surface area contributed by atoms with E-state index in [0.29, 0.717) is 15.2 Å². The standard InChI is InChI=1S/C12H10BrClN2O2/c1-7-10(13)11(17)16(12(18)15-7)6-8-2-4-9(14)5-3-8/h2-5H,6H2,1H3,(H,15,18). The summed E-state index contributed by atoms with van der Waals surface area (Å²) in [6, 6.07) is 7.00. The van der Waals surface area contributed by atoms with Crippen LogP contribution in [0, 0.1) is 6.92 Å². The van der Waals surface area contributed by atoms with E-state index >= 15 is 0 Å². The number of halogens is 2. The smallest absolute Gasteiger partial charge is 0.310 e. The van der Waals surface area contributed by atoms with Gasteiger partial charge in [-0.2, -0.15) is 0 Å². The van der Waals surface area contributed by atoms with Gasteiger partial charge in [-0.3, -0.25) is 9.36 Å². The molecule has 1 N–H and O–H groups in total. The van der Waals surface area contributed by atoms with Crippen molar-refractivity contribution in [1.82, 2.24) is 9.55 Å². The molecule has 18 heavy (non-hydrogen) atoms. The predicted octanol–water partition coefficient (Wildman–Crippen LogP) is 2.31. The molecule has 0 atom stereocenters. The second kappa shape index (κ2) is 5.12. The Labute approximate surface area is 116 Å². The summed E-state index contributed by atoms with van der Waals surface area (Å²) in [5.41, 5.74) is 0.599. The molecule has 0 amide bonds. The maximum Gasteiger partial charge on any atom is 0.328 e. The Balaban J connectivity index is 2.47. The molecule has 2 aromatic rings. The van der Waals surface area contributed by atoms with E-state index in [1.54, 1.807) is 31.2 Å². The number of nitrogens with one attached hydrogen (secondary N) is 1. The highest BCUT2D eigenvalue weighted by molar-refractivity contribution is 9.10. The molecule has 2 rings (SSSR count). The predicted molar refractivity (Wildman–Crippen MR) is 74.3 cm³/mol. The summed E-state index contributed by atoms with van der Waals surface area (Å²) in [5, 5.41) is 0.616.